The lowest BCUT2D eigenvalue weighted by molar-refractivity contribution is -0.144. The highest BCUT2D eigenvalue weighted by atomic mass is 16.5. The fourth-order valence-electron chi connectivity index (χ4n) is 4.99. The first kappa shape index (κ1) is 26.2. The van der Waals surface area contributed by atoms with E-state index in [1.54, 1.807) is 12.0 Å². The lowest BCUT2D eigenvalue weighted by Gasteiger charge is -2.33. The molecule has 3 rings (SSSR count). The molecule has 0 radical (unpaired) electrons. The fraction of sp³-hybridized carbons (Fsp3) is 0.654. The summed E-state index contributed by atoms with van der Waals surface area (Å²) in [6.07, 6.45) is 5.47. The maximum absolute atomic E-state index is 13.0. The van der Waals surface area contributed by atoms with Crippen molar-refractivity contribution in [3.05, 3.63) is 35.9 Å². The number of nitrogens with zero attached hydrogens (tertiary/aromatic N) is 1. The maximum Gasteiger partial charge on any atom is 0.326 e. The highest BCUT2D eigenvalue weighted by Crippen LogP contribution is 2.22. The number of amides is 2. The summed E-state index contributed by atoms with van der Waals surface area (Å²) in [6.45, 7) is 3.07. The van der Waals surface area contributed by atoms with Gasteiger partial charge in [-0.3, -0.25) is 9.59 Å². The molecule has 0 saturated carbocycles. The van der Waals surface area contributed by atoms with Crippen LogP contribution in [0.2, 0.25) is 0 Å². The van der Waals surface area contributed by atoms with Gasteiger partial charge >= 0.3 is 5.97 Å². The Hall–Kier alpha value is -2.45. The molecule has 8 heteroatoms. The van der Waals surface area contributed by atoms with Gasteiger partial charge in [0.1, 0.15) is 6.04 Å². The van der Waals surface area contributed by atoms with Crippen molar-refractivity contribution >= 4 is 17.8 Å². The molecule has 1 aromatic carbocycles. The van der Waals surface area contributed by atoms with Crippen molar-refractivity contribution in [2.45, 2.75) is 63.5 Å². The van der Waals surface area contributed by atoms with Crippen LogP contribution in [0.25, 0.3) is 0 Å². The number of nitrogens with one attached hydrogen (secondary N) is 2. The summed E-state index contributed by atoms with van der Waals surface area (Å²) in [6, 6.07) is 8.70. The van der Waals surface area contributed by atoms with E-state index < -0.39 is 12.0 Å². The summed E-state index contributed by atoms with van der Waals surface area (Å²) in [5, 5.41) is 15.8. The van der Waals surface area contributed by atoms with Gasteiger partial charge in [0.15, 0.2) is 0 Å². The Bertz CT molecular complexity index is 797. The van der Waals surface area contributed by atoms with E-state index in [9.17, 15) is 19.5 Å². The molecule has 34 heavy (non-hydrogen) atoms. The number of benzene rings is 1. The van der Waals surface area contributed by atoms with Crippen molar-refractivity contribution in [1.82, 2.24) is 15.5 Å². The minimum absolute atomic E-state index is 0.105. The highest BCUT2D eigenvalue weighted by molar-refractivity contribution is 5.86. The molecular weight excluding hydrogens is 434 g/mol. The summed E-state index contributed by atoms with van der Waals surface area (Å²) < 4.78 is 5.52. The molecule has 3 atom stereocenters. The lowest BCUT2D eigenvalue weighted by Crippen LogP contribution is -2.50. The zero-order valence-electron chi connectivity index (χ0n) is 20.2. The van der Waals surface area contributed by atoms with Crippen molar-refractivity contribution in [2.24, 2.45) is 11.8 Å². The van der Waals surface area contributed by atoms with Gasteiger partial charge in [-0.25, -0.2) is 4.79 Å². The van der Waals surface area contributed by atoms with Crippen molar-refractivity contribution < 1.29 is 24.2 Å². The number of carbonyl (C=O) groups is 3. The van der Waals surface area contributed by atoms with Gasteiger partial charge in [-0.2, -0.15) is 0 Å². The van der Waals surface area contributed by atoms with Crippen LogP contribution in [0.3, 0.4) is 0 Å². The molecule has 0 unspecified atom stereocenters. The number of aliphatic carboxylic acids is 1. The van der Waals surface area contributed by atoms with E-state index in [0.717, 1.165) is 44.3 Å². The number of rotatable bonds is 11. The van der Waals surface area contributed by atoms with Crippen LogP contribution >= 0.6 is 0 Å². The number of carboxylic acid groups (broad SMARTS) is 1. The average Bonchev–Trinajstić information content (AvgIpc) is 2.87. The third-order valence-electron chi connectivity index (χ3n) is 7.12. The molecular formula is C26H39N3O5. The van der Waals surface area contributed by atoms with E-state index in [2.05, 4.69) is 10.6 Å². The molecule has 0 spiro atoms. The molecule has 2 heterocycles. The lowest BCUT2D eigenvalue weighted by atomic mass is 9.92. The van der Waals surface area contributed by atoms with E-state index in [1.165, 1.54) is 0 Å². The fourth-order valence-corrected chi connectivity index (χ4v) is 4.99. The van der Waals surface area contributed by atoms with Crippen LogP contribution in [0.5, 0.6) is 0 Å². The van der Waals surface area contributed by atoms with Crippen LogP contribution in [-0.2, 0) is 25.5 Å². The molecule has 2 amide bonds. The van der Waals surface area contributed by atoms with Gasteiger partial charge in [0.2, 0.25) is 11.8 Å². The number of ether oxygens (including phenoxy) is 1. The third-order valence-corrected chi connectivity index (χ3v) is 7.12. The smallest absolute Gasteiger partial charge is 0.326 e. The van der Waals surface area contributed by atoms with Gasteiger partial charge in [0.05, 0.1) is 12.0 Å². The summed E-state index contributed by atoms with van der Waals surface area (Å²) >= 11 is 0. The maximum atomic E-state index is 13.0. The molecule has 2 fully saturated rings. The van der Waals surface area contributed by atoms with E-state index in [4.69, 9.17) is 4.74 Å². The van der Waals surface area contributed by atoms with Crippen molar-refractivity contribution in [2.75, 3.05) is 33.3 Å². The van der Waals surface area contributed by atoms with Crippen LogP contribution < -0.4 is 10.6 Å². The molecule has 188 valence electrons. The van der Waals surface area contributed by atoms with Crippen LogP contribution in [0, 0.1) is 11.8 Å². The zero-order valence-corrected chi connectivity index (χ0v) is 20.2. The second-order valence-corrected chi connectivity index (χ2v) is 9.59. The first-order valence-electron chi connectivity index (χ1n) is 12.5. The second-order valence-electron chi connectivity index (χ2n) is 9.59. The zero-order chi connectivity index (χ0) is 24.3. The first-order chi connectivity index (χ1) is 16.5. The van der Waals surface area contributed by atoms with Gasteiger partial charge in [-0.1, -0.05) is 30.3 Å². The van der Waals surface area contributed by atoms with Gasteiger partial charge in [0, 0.05) is 33.0 Å². The van der Waals surface area contributed by atoms with Gasteiger partial charge in [0.25, 0.3) is 0 Å². The molecule has 0 aromatic heterocycles. The van der Waals surface area contributed by atoms with Crippen molar-refractivity contribution in [1.29, 1.82) is 0 Å². The van der Waals surface area contributed by atoms with E-state index in [1.807, 2.05) is 30.3 Å². The van der Waals surface area contributed by atoms with Crippen LogP contribution in [0.15, 0.2) is 30.3 Å². The largest absolute Gasteiger partial charge is 0.480 e. The van der Waals surface area contributed by atoms with Gasteiger partial charge in [-0.05, 0) is 63.1 Å². The van der Waals surface area contributed by atoms with E-state index in [-0.39, 0.29) is 30.3 Å². The Kier molecular flexibility index (Phi) is 10.3. The topological polar surface area (TPSA) is 108 Å². The number of piperidine rings is 2. The van der Waals surface area contributed by atoms with Crippen molar-refractivity contribution in [3.63, 3.8) is 0 Å². The first-order valence-corrected chi connectivity index (χ1v) is 12.5. The Morgan fingerprint density at radius 1 is 1.18 bits per heavy atom. The Balaban J connectivity index is 1.50. The monoisotopic (exact) mass is 473 g/mol. The average molecular weight is 474 g/mol. The van der Waals surface area contributed by atoms with Crippen LogP contribution in [0.4, 0.5) is 0 Å². The van der Waals surface area contributed by atoms with Crippen molar-refractivity contribution in [3.8, 4) is 0 Å². The quantitative estimate of drug-likeness (QED) is 0.455. The number of carbonyl (C=O) groups excluding carboxylic acids is 2. The normalized spacial score (nSPS) is 21.0. The number of likely N-dealkylation sites (tertiary alicyclic amines) is 1. The molecule has 2 aliphatic heterocycles. The van der Waals surface area contributed by atoms with Crippen LogP contribution in [-0.4, -0.2) is 73.2 Å². The molecule has 2 aliphatic rings. The van der Waals surface area contributed by atoms with E-state index in [0.29, 0.717) is 38.3 Å². The number of hydrogen-bond acceptors (Lipinski definition) is 5. The molecule has 0 aliphatic carbocycles. The van der Waals surface area contributed by atoms with Crippen LogP contribution in [0.1, 0.15) is 50.5 Å². The highest BCUT2D eigenvalue weighted by Gasteiger charge is 2.32. The SMILES string of the molecule is CO[C@H](Cc1ccccc1)C[C@H](NC(=O)[C@@H]1CCCN(C(=O)CCC2CCNCC2)C1)C(=O)O. The minimum atomic E-state index is -1.07. The minimum Gasteiger partial charge on any atom is -0.480 e. The number of hydrogen-bond donors (Lipinski definition) is 3. The molecule has 3 N–H and O–H groups in total. The van der Waals surface area contributed by atoms with Gasteiger partial charge in [-0.15, -0.1) is 0 Å². The Morgan fingerprint density at radius 2 is 1.91 bits per heavy atom. The predicted molar refractivity (Wildman–Crippen MR) is 129 cm³/mol. The molecule has 8 nitrogen and oxygen atoms in total. The molecule has 0 bridgehead atoms. The molecule has 1 aromatic rings. The summed E-state index contributed by atoms with van der Waals surface area (Å²) in [4.78, 5) is 39.4. The summed E-state index contributed by atoms with van der Waals surface area (Å²) in [7, 11) is 1.56. The summed E-state index contributed by atoms with van der Waals surface area (Å²) in [5.74, 6) is -1.05. The number of methoxy groups -OCH3 is 1. The Morgan fingerprint density at radius 3 is 2.59 bits per heavy atom. The Labute approximate surface area is 202 Å². The summed E-state index contributed by atoms with van der Waals surface area (Å²) in [5.41, 5.74) is 1.05. The third kappa shape index (κ3) is 8.09. The molecule has 2 saturated heterocycles. The second kappa shape index (κ2) is 13.4. The predicted octanol–water partition coefficient (Wildman–Crippen LogP) is 2.22. The number of carboxylic acids is 1. The standard InChI is InChI=1S/C26H39N3O5/c1-34-22(16-20-6-3-2-4-7-20)17-23(26(32)33)28-25(31)21-8-5-15-29(18-21)24(30)10-9-19-11-13-27-14-12-19/h2-4,6-7,19,21-23,27H,5,8-18H2,1H3,(H,28,31)(H,32,33)/t21-,22-,23+/m1/s1. The van der Waals surface area contributed by atoms with E-state index >= 15 is 0 Å². The van der Waals surface area contributed by atoms with Gasteiger partial charge < -0.3 is 25.4 Å².